The molecule has 0 fully saturated rings. The lowest BCUT2D eigenvalue weighted by atomic mass is 10.1. The van der Waals surface area contributed by atoms with Crippen LogP contribution in [-0.2, 0) is 29.0 Å². The Bertz CT molecular complexity index is 1380. The maximum Gasteiger partial charge on any atom is 0.410 e. The molecule has 0 saturated heterocycles. The van der Waals surface area contributed by atoms with Gasteiger partial charge in [-0.05, 0) is 56.7 Å². The SMILES string of the molecule is CCOC(=O)N1CCc2c(nc(-c3ccc(F)cc3)n(CC(=O)Nc3cccc(C(C)=O)c3)c2=O)C1. The smallest absolute Gasteiger partial charge is 0.410 e. The molecule has 1 N–H and O–H groups in total. The molecule has 1 aliphatic heterocycles. The van der Waals surface area contributed by atoms with Crippen LogP contribution in [0.25, 0.3) is 11.4 Å². The quantitative estimate of drug-likeness (QED) is 0.528. The summed E-state index contributed by atoms with van der Waals surface area (Å²) in [4.78, 5) is 56.4. The second-order valence-electron chi connectivity index (χ2n) is 8.31. The molecule has 10 heteroatoms. The zero-order chi connectivity index (χ0) is 25.8. The number of ketones is 1. The van der Waals surface area contributed by atoms with Gasteiger partial charge in [0.1, 0.15) is 18.2 Å². The van der Waals surface area contributed by atoms with E-state index in [1.807, 2.05) is 0 Å². The van der Waals surface area contributed by atoms with E-state index in [1.165, 1.54) is 40.7 Å². The van der Waals surface area contributed by atoms with E-state index in [0.29, 0.717) is 28.1 Å². The number of rotatable bonds is 6. The van der Waals surface area contributed by atoms with Crippen molar-refractivity contribution in [1.82, 2.24) is 14.5 Å². The molecule has 0 bridgehead atoms. The second-order valence-corrected chi connectivity index (χ2v) is 8.31. The summed E-state index contributed by atoms with van der Waals surface area (Å²) < 4.78 is 19.9. The number of hydrogen-bond acceptors (Lipinski definition) is 6. The van der Waals surface area contributed by atoms with E-state index >= 15 is 0 Å². The summed E-state index contributed by atoms with van der Waals surface area (Å²) in [7, 11) is 0. The molecule has 186 valence electrons. The van der Waals surface area contributed by atoms with Crippen molar-refractivity contribution in [3.63, 3.8) is 0 Å². The number of nitrogens with zero attached hydrogens (tertiary/aromatic N) is 3. The first-order chi connectivity index (χ1) is 17.3. The van der Waals surface area contributed by atoms with Gasteiger partial charge in [0.25, 0.3) is 5.56 Å². The molecule has 1 aliphatic rings. The van der Waals surface area contributed by atoms with Gasteiger partial charge in [0.05, 0.1) is 18.8 Å². The lowest BCUT2D eigenvalue weighted by Gasteiger charge is -2.28. The Morgan fingerprint density at radius 1 is 1.14 bits per heavy atom. The van der Waals surface area contributed by atoms with Crippen LogP contribution >= 0.6 is 0 Å². The Labute approximate surface area is 206 Å². The number of nitrogens with one attached hydrogen (secondary N) is 1. The highest BCUT2D eigenvalue weighted by Crippen LogP contribution is 2.22. The highest BCUT2D eigenvalue weighted by atomic mass is 19.1. The molecule has 0 saturated carbocycles. The normalized spacial score (nSPS) is 12.6. The molecular formula is C26H25FN4O5. The Morgan fingerprint density at radius 3 is 2.58 bits per heavy atom. The van der Waals surface area contributed by atoms with Crippen LogP contribution in [0.5, 0.6) is 0 Å². The summed E-state index contributed by atoms with van der Waals surface area (Å²) in [5, 5.41) is 2.71. The fourth-order valence-electron chi connectivity index (χ4n) is 4.02. The van der Waals surface area contributed by atoms with Crippen LogP contribution in [0.3, 0.4) is 0 Å². The van der Waals surface area contributed by atoms with Crippen LogP contribution in [0.1, 0.15) is 35.5 Å². The van der Waals surface area contributed by atoms with Crippen LogP contribution in [0.4, 0.5) is 14.9 Å². The first kappa shape index (κ1) is 24.8. The summed E-state index contributed by atoms with van der Waals surface area (Å²) in [6.45, 7) is 3.38. The van der Waals surface area contributed by atoms with Crippen molar-refractivity contribution < 1.29 is 23.5 Å². The van der Waals surface area contributed by atoms with Gasteiger partial charge in [0.2, 0.25) is 5.91 Å². The maximum atomic E-state index is 13.6. The predicted octanol–water partition coefficient (Wildman–Crippen LogP) is 3.41. The number of amides is 2. The average Bonchev–Trinajstić information content (AvgIpc) is 2.86. The molecule has 9 nitrogen and oxygen atoms in total. The van der Waals surface area contributed by atoms with E-state index in [-0.39, 0.29) is 44.3 Å². The molecule has 0 spiro atoms. The number of anilines is 1. The molecule has 2 heterocycles. The summed E-state index contributed by atoms with van der Waals surface area (Å²) >= 11 is 0. The van der Waals surface area contributed by atoms with Crippen molar-refractivity contribution in [3.05, 3.63) is 81.5 Å². The molecule has 2 amide bonds. The van der Waals surface area contributed by atoms with Crippen molar-refractivity contribution in [3.8, 4) is 11.4 Å². The van der Waals surface area contributed by atoms with E-state index in [0.717, 1.165) is 0 Å². The number of benzene rings is 2. The molecule has 36 heavy (non-hydrogen) atoms. The lowest BCUT2D eigenvalue weighted by molar-refractivity contribution is -0.116. The first-order valence-electron chi connectivity index (χ1n) is 11.5. The minimum absolute atomic E-state index is 0.0858. The molecule has 0 unspecified atom stereocenters. The van der Waals surface area contributed by atoms with E-state index in [4.69, 9.17) is 4.74 Å². The van der Waals surface area contributed by atoms with Gasteiger partial charge in [-0.25, -0.2) is 14.2 Å². The number of fused-ring (bicyclic) bond motifs is 1. The monoisotopic (exact) mass is 492 g/mol. The van der Waals surface area contributed by atoms with Crippen LogP contribution in [0.2, 0.25) is 0 Å². The lowest BCUT2D eigenvalue weighted by Crippen LogP contribution is -2.42. The Balaban J connectivity index is 1.70. The number of aromatic nitrogens is 2. The van der Waals surface area contributed by atoms with Crippen LogP contribution in [0.15, 0.2) is 53.3 Å². The number of halogens is 1. The van der Waals surface area contributed by atoms with Crippen molar-refractivity contribution in [2.24, 2.45) is 0 Å². The van der Waals surface area contributed by atoms with Crippen molar-refractivity contribution in [2.75, 3.05) is 18.5 Å². The fourth-order valence-corrected chi connectivity index (χ4v) is 4.02. The molecule has 2 aromatic carbocycles. The molecule has 1 aromatic heterocycles. The maximum absolute atomic E-state index is 13.6. The van der Waals surface area contributed by atoms with E-state index in [9.17, 15) is 23.6 Å². The molecule has 0 atom stereocenters. The molecule has 0 radical (unpaired) electrons. The number of carbonyl (C=O) groups is 3. The highest BCUT2D eigenvalue weighted by Gasteiger charge is 2.27. The van der Waals surface area contributed by atoms with Gasteiger partial charge in [-0.2, -0.15) is 0 Å². The van der Waals surface area contributed by atoms with Gasteiger partial charge in [-0.15, -0.1) is 0 Å². The van der Waals surface area contributed by atoms with Crippen molar-refractivity contribution >= 4 is 23.5 Å². The van der Waals surface area contributed by atoms with Crippen LogP contribution in [0, 0.1) is 5.82 Å². The summed E-state index contributed by atoms with van der Waals surface area (Å²) in [5.74, 6) is -0.914. The van der Waals surface area contributed by atoms with Gasteiger partial charge in [-0.1, -0.05) is 12.1 Å². The van der Waals surface area contributed by atoms with E-state index in [1.54, 1.807) is 31.2 Å². The molecular weight excluding hydrogens is 467 g/mol. The molecule has 4 rings (SSSR count). The number of hydrogen-bond donors (Lipinski definition) is 1. The Morgan fingerprint density at radius 2 is 1.89 bits per heavy atom. The van der Waals surface area contributed by atoms with E-state index < -0.39 is 23.4 Å². The third-order valence-corrected chi connectivity index (χ3v) is 5.80. The van der Waals surface area contributed by atoms with Crippen molar-refractivity contribution in [2.45, 2.75) is 33.4 Å². The third-order valence-electron chi connectivity index (χ3n) is 5.80. The number of Topliss-reactive ketones (excluding diaryl/α,β-unsaturated/α-hetero) is 1. The minimum Gasteiger partial charge on any atom is -0.450 e. The van der Waals surface area contributed by atoms with E-state index in [2.05, 4.69) is 10.3 Å². The number of carbonyl (C=O) groups excluding carboxylic acids is 3. The summed E-state index contributed by atoms with van der Waals surface area (Å²) in [5.41, 5.74) is 1.71. The standard InChI is InChI=1S/C26H25FN4O5/c1-3-36-26(35)30-12-11-21-22(14-30)29-24(17-7-9-19(27)10-8-17)31(25(21)34)15-23(33)28-20-6-4-5-18(13-20)16(2)32/h4-10,13H,3,11-12,14-15H2,1-2H3,(H,28,33). The summed E-state index contributed by atoms with van der Waals surface area (Å²) in [6, 6.07) is 11.9. The average molecular weight is 493 g/mol. The van der Waals surface area contributed by atoms with Gasteiger partial charge < -0.3 is 15.0 Å². The van der Waals surface area contributed by atoms with Crippen LogP contribution in [-0.4, -0.2) is 45.4 Å². The zero-order valence-electron chi connectivity index (χ0n) is 19.9. The summed E-state index contributed by atoms with van der Waals surface area (Å²) in [6.07, 6.45) is -0.240. The van der Waals surface area contributed by atoms with Crippen LogP contribution < -0.4 is 10.9 Å². The third kappa shape index (κ3) is 5.32. The fraction of sp³-hybridized carbons (Fsp3) is 0.269. The second kappa shape index (κ2) is 10.5. The van der Waals surface area contributed by atoms with Crippen molar-refractivity contribution in [1.29, 1.82) is 0 Å². The molecule has 0 aliphatic carbocycles. The molecule has 3 aromatic rings. The zero-order valence-corrected chi connectivity index (χ0v) is 19.9. The Hall–Kier alpha value is -4.34. The highest BCUT2D eigenvalue weighted by molar-refractivity contribution is 5.97. The Kier molecular flexibility index (Phi) is 7.23. The minimum atomic E-state index is -0.496. The van der Waals surface area contributed by atoms with Gasteiger partial charge in [-0.3, -0.25) is 19.0 Å². The first-order valence-corrected chi connectivity index (χ1v) is 11.5. The topological polar surface area (TPSA) is 111 Å². The predicted molar refractivity (Wildman–Crippen MR) is 130 cm³/mol. The van der Waals surface area contributed by atoms with Gasteiger partial charge in [0, 0.05) is 28.9 Å². The largest absolute Gasteiger partial charge is 0.450 e. The van der Waals surface area contributed by atoms with Gasteiger partial charge in [0.15, 0.2) is 5.78 Å². The number of ether oxygens (including phenoxy) is 1. The van der Waals surface area contributed by atoms with Gasteiger partial charge >= 0.3 is 6.09 Å².